The second-order valence-electron chi connectivity index (χ2n) is 3.21. The Morgan fingerprint density at radius 3 is 2.93 bits per heavy atom. The van der Waals surface area contributed by atoms with Crippen molar-refractivity contribution in [2.75, 3.05) is 5.73 Å². The number of rotatable bonds is 2. The monoisotopic (exact) mass is 225 g/mol. The van der Waals surface area contributed by atoms with Gasteiger partial charge in [0.2, 0.25) is 0 Å². The van der Waals surface area contributed by atoms with Gasteiger partial charge < -0.3 is 10.3 Å². The molecule has 0 amide bonds. The van der Waals surface area contributed by atoms with Crippen LogP contribution in [0, 0.1) is 5.82 Å². The molecule has 1 aromatic carbocycles. The number of aromatic nitrogens is 2. The Bertz CT molecular complexity index is 481. The molecule has 0 spiro atoms. The normalized spacial score (nSPS) is 10.5. The van der Waals surface area contributed by atoms with E-state index in [2.05, 4.69) is 4.98 Å². The fourth-order valence-corrected chi connectivity index (χ4v) is 1.52. The van der Waals surface area contributed by atoms with Crippen molar-refractivity contribution in [3.05, 3.63) is 47.1 Å². The highest BCUT2D eigenvalue weighted by molar-refractivity contribution is 6.30. The van der Waals surface area contributed by atoms with Crippen LogP contribution in [0.15, 0.2) is 30.7 Å². The Kier molecular flexibility index (Phi) is 2.60. The van der Waals surface area contributed by atoms with E-state index < -0.39 is 0 Å². The molecular formula is C10H9ClFN3. The number of hydrogen-bond acceptors (Lipinski definition) is 2. The first-order valence-electron chi connectivity index (χ1n) is 4.36. The maximum absolute atomic E-state index is 13.3. The molecule has 0 unspecified atom stereocenters. The molecule has 0 aliphatic carbocycles. The van der Waals surface area contributed by atoms with E-state index in [0.717, 1.165) is 0 Å². The number of benzene rings is 1. The minimum absolute atomic E-state index is 0.285. The van der Waals surface area contributed by atoms with Gasteiger partial charge in [-0.05, 0) is 18.2 Å². The lowest BCUT2D eigenvalue weighted by molar-refractivity contribution is 0.599. The van der Waals surface area contributed by atoms with E-state index in [-0.39, 0.29) is 5.82 Å². The zero-order valence-corrected chi connectivity index (χ0v) is 8.58. The van der Waals surface area contributed by atoms with Crippen LogP contribution in [0.2, 0.25) is 5.02 Å². The van der Waals surface area contributed by atoms with E-state index in [0.29, 0.717) is 22.9 Å². The van der Waals surface area contributed by atoms with Crippen LogP contribution in [0.3, 0.4) is 0 Å². The number of nitrogens with zero attached hydrogens (tertiary/aromatic N) is 2. The van der Waals surface area contributed by atoms with E-state index in [4.69, 9.17) is 17.3 Å². The van der Waals surface area contributed by atoms with Crippen molar-refractivity contribution in [3.63, 3.8) is 0 Å². The Labute approximate surface area is 91.3 Å². The van der Waals surface area contributed by atoms with Crippen molar-refractivity contribution in [1.29, 1.82) is 0 Å². The molecule has 2 rings (SSSR count). The van der Waals surface area contributed by atoms with E-state index in [9.17, 15) is 4.39 Å². The molecule has 0 saturated heterocycles. The van der Waals surface area contributed by atoms with Gasteiger partial charge in [0, 0.05) is 16.8 Å². The van der Waals surface area contributed by atoms with Gasteiger partial charge in [0.15, 0.2) is 0 Å². The van der Waals surface area contributed by atoms with Gasteiger partial charge in [-0.25, -0.2) is 9.37 Å². The summed E-state index contributed by atoms with van der Waals surface area (Å²) in [6.07, 6.45) is 3.19. The zero-order valence-electron chi connectivity index (χ0n) is 7.82. The van der Waals surface area contributed by atoms with Crippen LogP contribution in [-0.4, -0.2) is 9.55 Å². The maximum atomic E-state index is 13.3. The van der Waals surface area contributed by atoms with Gasteiger partial charge in [0.25, 0.3) is 0 Å². The lowest BCUT2D eigenvalue weighted by atomic mass is 10.2. The summed E-state index contributed by atoms with van der Waals surface area (Å²) in [6.45, 7) is 0.372. The number of hydrogen-bond donors (Lipinski definition) is 1. The molecule has 0 atom stereocenters. The molecule has 0 fully saturated rings. The minimum atomic E-state index is -0.285. The van der Waals surface area contributed by atoms with Crippen LogP contribution in [0.25, 0.3) is 0 Å². The van der Waals surface area contributed by atoms with Gasteiger partial charge in [-0.3, -0.25) is 0 Å². The predicted octanol–water partition coefficient (Wildman–Crippen LogP) is 2.31. The van der Waals surface area contributed by atoms with Crippen molar-refractivity contribution in [3.8, 4) is 0 Å². The summed E-state index contributed by atoms with van der Waals surface area (Å²) in [6, 6.07) is 4.45. The van der Waals surface area contributed by atoms with Gasteiger partial charge in [-0.15, -0.1) is 0 Å². The molecule has 15 heavy (non-hydrogen) atoms. The smallest absolute Gasteiger partial charge is 0.141 e. The van der Waals surface area contributed by atoms with Crippen LogP contribution >= 0.6 is 11.6 Å². The molecule has 0 aliphatic heterocycles. The molecule has 3 nitrogen and oxygen atoms in total. The molecular weight excluding hydrogens is 217 g/mol. The fraction of sp³-hybridized carbons (Fsp3) is 0.100. The summed E-state index contributed by atoms with van der Waals surface area (Å²) < 4.78 is 15.0. The molecule has 0 aliphatic rings. The van der Waals surface area contributed by atoms with Gasteiger partial charge in [-0.1, -0.05) is 11.6 Å². The second kappa shape index (κ2) is 3.90. The summed E-state index contributed by atoms with van der Waals surface area (Å²) in [5, 5.41) is 0.513. The molecule has 0 radical (unpaired) electrons. The predicted molar refractivity (Wildman–Crippen MR) is 57.2 cm³/mol. The lowest BCUT2D eigenvalue weighted by Gasteiger charge is -2.04. The standard InChI is InChI=1S/C10H9ClFN3/c11-8-1-2-9(12)7(3-8)4-15-5-10(13)14-6-15/h1-3,5-6H,4,13H2. The summed E-state index contributed by atoms with van der Waals surface area (Å²) >= 11 is 5.77. The highest BCUT2D eigenvalue weighted by Gasteiger charge is 2.04. The molecule has 2 aromatic rings. The third-order valence-electron chi connectivity index (χ3n) is 2.01. The van der Waals surface area contributed by atoms with Gasteiger partial charge in [-0.2, -0.15) is 0 Å². The zero-order chi connectivity index (χ0) is 10.8. The first-order valence-corrected chi connectivity index (χ1v) is 4.74. The van der Waals surface area contributed by atoms with Gasteiger partial charge in [0.1, 0.15) is 11.6 Å². The summed E-state index contributed by atoms with van der Waals surface area (Å²) in [5.41, 5.74) is 5.96. The van der Waals surface area contributed by atoms with Crippen LogP contribution in [-0.2, 0) is 6.54 Å². The van der Waals surface area contributed by atoms with E-state index in [1.54, 1.807) is 23.2 Å². The second-order valence-corrected chi connectivity index (χ2v) is 3.64. The number of nitrogens with two attached hydrogens (primary N) is 1. The summed E-state index contributed by atoms with van der Waals surface area (Å²) in [4.78, 5) is 3.85. The number of imidazole rings is 1. The SMILES string of the molecule is Nc1cn(Cc2cc(Cl)ccc2F)cn1. The Morgan fingerprint density at radius 2 is 2.27 bits per heavy atom. The van der Waals surface area contributed by atoms with Gasteiger partial charge in [0.05, 0.1) is 12.9 Å². The maximum Gasteiger partial charge on any atom is 0.141 e. The van der Waals surface area contributed by atoms with Crippen LogP contribution in [0.4, 0.5) is 10.2 Å². The van der Waals surface area contributed by atoms with Crippen LogP contribution < -0.4 is 5.73 Å². The largest absolute Gasteiger partial charge is 0.382 e. The van der Waals surface area contributed by atoms with Crippen molar-refractivity contribution < 1.29 is 4.39 Å². The minimum Gasteiger partial charge on any atom is -0.382 e. The van der Waals surface area contributed by atoms with Crippen LogP contribution in [0.5, 0.6) is 0 Å². The lowest BCUT2D eigenvalue weighted by Crippen LogP contribution is -1.99. The molecule has 1 heterocycles. The highest BCUT2D eigenvalue weighted by Crippen LogP contribution is 2.16. The summed E-state index contributed by atoms with van der Waals surface area (Å²) in [5.74, 6) is 0.129. The Morgan fingerprint density at radius 1 is 1.47 bits per heavy atom. The van der Waals surface area contributed by atoms with Crippen LogP contribution in [0.1, 0.15) is 5.56 Å². The number of nitrogen functional groups attached to an aromatic ring is 1. The quantitative estimate of drug-likeness (QED) is 0.853. The topological polar surface area (TPSA) is 43.8 Å². The highest BCUT2D eigenvalue weighted by atomic mass is 35.5. The molecule has 0 saturated carbocycles. The number of halogens is 2. The molecule has 5 heteroatoms. The molecule has 1 aromatic heterocycles. The van der Waals surface area contributed by atoms with Crippen molar-refractivity contribution in [2.45, 2.75) is 6.54 Å². The number of anilines is 1. The van der Waals surface area contributed by atoms with Gasteiger partial charge >= 0.3 is 0 Å². The Hall–Kier alpha value is -1.55. The Balaban J connectivity index is 2.27. The van der Waals surface area contributed by atoms with Crippen molar-refractivity contribution in [2.24, 2.45) is 0 Å². The first-order chi connectivity index (χ1) is 7.15. The van der Waals surface area contributed by atoms with E-state index >= 15 is 0 Å². The first kappa shape index (κ1) is 9.98. The third-order valence-corrected chi connectivity index (χ3v) is 2.25. The third kappa shape index (κ3) is 2.27. The van der Waals surface area contributed by atoms with E-state index in [1.807, 2.05) is 0 Å². The molecule has 78 valence electrons. The summed E-state index contributed by atoms with van der Waals surface area (Å²) in [7, 11) is 0. The van der Waals surface area contributed by atoms with Crippen molar-refractivity contribution in [1.82, 2.24) is 9.55 Å². The average molecular weight is 226 g/mol. The van der Waals surface area contributed by atoms with E-state index in [1.165, 1.54) is 12.1 Å². The van der Waals surface area contributed by atoms with Crippen molar-refractivity contribution >= 4 is 17.4 Å². The molecule has 0 bridgehead atoms. The molecule has 2 N–H and O–H groups in total. The average Bonchev–Trinajstić information content (AvgIpc) is 2.58. The fourth-order valence-electron chi connectivity index (χ4n) is 1.33.